The van der Waals surface area contributed by atoms with Gasteiger partial charge in [0.15, 0.2) is 0 Å². The first kappa shape index (κ1) is 20.3. The van der Waals surface area contributed by atoms with Gasteiger partial charge in [-0.25, -0.2) is 9.48 Å². The van der Waals surface area contributed by atoms with Crippen LogP contribution in [-0.2, 0) is 7.05 Å². The van der Waals surface area contributed by atoms with E-state index in [1.807, 2.05) is 81.6 Å². The van der Waals surface area contributed by atoms with Gasteiger partial charge >= 0.3 is 6.03 Å². The van der Waals surface area contributed by atoms with Crippen molar-refractivity contribution in [3.05, 3.63) is 76.7 Å². The molecular formula is C22H27N5O2. The molecule has 0 bridgehead atoms. The van der Waals surface area contributed by atoms with Gasteiger partial charge in [0, 0.05) is 32.4 Å². The Bertz CT molecular complexity index is 1020. The average molecular weight is 393 g/mol. The van der Waals surface area contributed by atoms with Crippen LogP contribution in [0.1, 0.15) is 12.6 Å². The van der Waals surface area contributed by atoms with Crippen LogP contribution in [0.5, 0.6) is 0 Å². The highest BCUT2D eigenvalue weighted by molar-refractivity contribution is 5.89. The maximum absolute atomic E-state index is 12.9. The monoisotopic (exact) mass is 393 g/mol. The molecule has 3 aromatic rings. The van der Waals surface area contributed by atoms with Crippen LogP contribution >= 0.6 is 0 Å². The number of rotatable bonds is 6. The molecule has 1 aromatic heterocycles. The first-order chi connectivity index (χ1) is 13.9. The Hall–Kier alpha value is -3.48. The van der Waals surface area contributed by atoms with Crippen molar-refractivity contribution in [2.24, 2.45) is 7.05 Å². The fourth-order valence-electron chi connectivity index (χ4n) is 3.16. The largest absolute Gasteiger partial charge is 0.370 e. The van der Waals surface area contributed by atoms with Gasteiger partial charge in [0.2, 0.25) is 0 Å². The number of anilines is 2. The second kappa shape index (κ2) is 8.68. The highest BCUT2D eigenvalue weighted by Gasteiger charge is 2.18. The first-order valence-corrected chi connectivity index (χ1v) is 9.57. The number of likely N-dealkylation sites (N-methyl/N-ethyl adjacent to an activating group) is 1. The highest BCUT2D eigenvalue weighted by Crippen LogP contribution is 2.15. The Morgan fingerprint density at radius 2 is 1.66 bits per heavy atom. The number of nitrogens with zero attached hydrogens (tertiary/aromatic N) is 3. The van der Waals surface area contributed by atoms with E-state index in [0.717, 1.165) is 11.4 Å². The van der Waals surface area contributed by atoms with Gasteiger partial charge < -0.3 is 15.5 Å². The minimum atomic E-state index is -0.399. The third-order valence-corrected chi connectivity index (χ3v) is 5.18. The number of urea groups is 1. The van der Waals surface area contributed by atoms with Crippen LogP contribution in [0.15, 0.2) is 65.5 Å². The molecule has 0 fully saturated rings. The Kier molecular flexibility index (Phi) is 6.07. The summed E-state index contributed by atoms with van der Waals surface area (Å²) >= 11 is 0. The molecule has 3 rings (SSSR count). The Balaban J connectivity index is 1.68. The zero-order valence-electron chi connectivity index (χ0n) is 17.2. The molecule has 152 valence electrons. The van der Waals surface area contributed by atoms with Crippen LogP contribution < -0.4 is 21.1 Å². The van der Waals surface area contributed by atoms with Crippen molar-refractivity contribution >= 4 is 17.4 Å². The summed E-state index contributed by atoms with van der Waals surface area (Å²) in [7, 11) is 3.78. The standard InChI is InChI=1S/C22H27N5O2/c1-16(25(3)18-11-7-5-8-12-18)15-23-22(29)24-20-17(2)26(4)27(21(20)28)19-13-9-6-10-14-19/h5-14,16H,15H2,1-4H3,(H2,23,24,29). The Labute approximate surface area is 170 Å². The van der Waals surface area contributed by atoms with E-state index >= 15 is 0 Å². The molecule has 0 aliphatic heterocycles. The number of aromatic nitrogens is 2. The third kappa shape index (κ3) is 4.34. The lowest BCUT2D eigenvalue weighted by Gasteiger charge is -2.27. The molecule has 0 radical (unpaired) electrons. The lowest BCUT2D eigenvalue weighted by molar-refractivity contribution is 0.251. The number of hydrogen-bond donors (Lipinski definition) is 2. The SMILES string of the molecule is Cc1c(NC(=O)NCC(C)N(C)c2ccccc2)c(=O)n(-c2ccccc2)n1C. The van der Waals surface area contributed by atoms with Gasteiger partial charge in [-0.15, -0.1) is 0 Å². The van der Waals surface area contributed by atoms with Crippen LogP contribution in [0.2, 0.25) is 0 Å². The smallest absolute Gasteiger partial charge is 0.319 e. The maximum atomic E-state index is 12.9. The zero-order valence-corrected chi connectivity index (χ0v) is 17.2. The Morgan fingerprint density at radius 3 is 2.28 bits per heavy atom. The van der Waals surface area contributed by atoms with Crippen LogP contribution in [0.4, 0.5) is 16.2 Å². The summed E-state index contributed by atoms with van der Waals surface area (Å²) in [4.78, 5) is 27.4. The summed E-state index contributed by atoms with van der Waals surface area (Å²) in [6, 6.07) is 19.0. The lowest BCUT2D eigenvalue weighted by atomic mass is 10.2. The quantitative estimate of drug-likeness (QED) is 0.676. The molecule has 0 spiro atoms. The van der Waals surface area contributed by atoms with E-state index in [1.165, 1.54) is 4.68 Å². The fourth-order valence-corrected chi connectivity index (χ4v) is 3.16. The van der Waals surface area contributed by atoms with E-state index in [1.54, 1.807) is 11.7 Å². The average Bonchev–Trinajstić information content (AvgIpc) is 2.95. The van der Waals surface area contributed by atoms with Gasteiger partial charge in [-0.3, -0.25) is 9.48 Å². The normalized spacial score (nSPS) is 11.7. The molecule has 0 aliphatic rings. The van der Waals surface area contributed by atoms with E-state index in [2.05, 4.69) is 15.5 Å². The minimum absolute atomic E-state index is 0.0843. The van der Waals surface area contributed by atoms with E-state index in [9.17, 15) is 9.59 Å². The van der Waals surface area contributed by atoms with E-state index in [0.29, 0.717) is 12.2 Å². The van der Waals surface area contributed by atoms with Crippen molar-refractivity contribution in [2.45, 2.75) is 19.9 Å². The molecule has 0 aliphatic carbocycles. The summed E-state index contributed by atoms with van der Waals surface area (Å²) < 4.78 is 3.27. The predicted molar refractivity (Wildman–Crippen MR) is 117 cm³/mol. The van der Waals surface area contributed by atoms with Crippen LogP contribution in [0.25, 0.3) is 5.69 Å². The van der Waals surface area contributed by atoms with E-state index in [4.69, 9.17) is 0 Å². The molecule has 7 nitrogen and oxygen atoms in total. The van der Waals surface area contributed by atoms with Crippen LogP contribution in [0.3, 0.4) is 0 Å². The molecule has 2 amide bonds. The molecule has 29 heavy (non-hydrogen) atoms. The van der Waals surface area contributed by atoms with Crippen molar-refractivity contribution in [3.8, 4) is 5.69 Å². The second-order valence-corrected chi connectivity index (χ2v) is 7.07. The van der Waals surface area contributed by atoms with Gasteiger partial charge in [-0.05, 0) is 38.1 Å². The van der Waals surface area contributed by atoms with Gasteiger partial charge in [0.1, 0.15) is 5.69 Å². The third-order valence-electron chi connectivity index (χ3n) is 5.18. The van der Waals surface area contributed by atoms with Crippen molar-refractivity contribution < 1.29 is 4.79 Å². The molecule has 2 N–H and O–H groups in total. The highest BCUT2D eigenvalue weighted by atomic mass is 16.2. The molecule has 1 atom stereocenters. The lowest BCUT2D eigenvalue weighted by Crippen LogP contribution is -2.42. The summed E-state index contributed by atoms with van der Waals surface area (Å²) in [5.74, 6) is 0. The predicted octanol–water partition coefficient (Wildman–Crippen LogP) is 3.13. The fraction of sp³-hybridized carbons (Fsp3) is 0.273. The number of para-hydroxylation sites is 2. The molecule has 1 unspecified atom stereocenters. The second-order valence-electron chi connectivity index (χ2n) is 7.07. The number of nitrogens with one attached hydrogen (secondary N) is 2. The number of amides is 2. The van der Waals surface area contributed by atoms with Crippen molar-refractivity contribution in [1.29, 1.82) is 0 Å². The molecule has 0 saturated carbocycles. The zero-order chi connectivity index (χ0) is 21.0. The number of hydrogen-bond acceptors (Lipinski definition) is 3. The summed E-state index contributed by atoms with van der Waals surface area (Å²) in [6.07, 6.45) is 0. The van der Waals surface area contributed by atoms with Gasteiger partial charge in [0.05, 0.1) is 11.4 Å². The molecular weight excluding hydrogens is 366 g/mol. The first-order valence-electron chi connectivity index (χ1n) is 9.57. The molecule has 2 aromatic carbocycles. The van der Waals surface area contributed by atoms with Gasteiger partial charge in [-0.2, -0.15) is 0 Å². The number of carbonyl (C=O) groups excluding carboxylic acids is 1. The summed E-state index contributed by atoms with van der Waals surface area (Å²) in [5, 5.41) is 5.58. The maximum Gasteiger partial charge on any atom is 0.319 e. The summed E-state index contributed by atoms with van der Waals surface area (Å²) in [5.41, 5.74) is 2.52. The molecule has 1 heterocycles. The molecule has 0 saturated heterocycles. The van der Waals surface area contributed by atoms with Gasteiger partial charge in [0.25, 0.3) is 5.56 Å². The van der Waals surface area contributed by atoms with Crippen molar-refractivity contribution in [2.75, 3.05) is 23.8 Å². The number of benzene rings is 2. The Morgan fingerprint density at radius 1 is 1.07 bits per heavy atom. The number of carbonyl (C=O) groups is 1. The summed E-state index contributed by atoms with van der Waals surface area (Å²) in [6.45, 7) is 4.28. The topological polar surface area (TPSA) is 71.3 Å². The minimum Gasteiger partial charge on any atom is -0.370 e. The van der Waals surface area contributed by atoms with E-state index in [-0.39, 0.29) is 17.3 Å². The van der Waals surface area contributed by atoms with Crippen LogP contribution in [-0.4, -0.2) is 35.0 Å². The molecule has 7 heteroatoms. The van der Waals surface area contributed by atoms with E-state index < -0.39 is 6.03 Å². The van der Waals surface area contributed by atoms with Crippen molar-refractivity contribution in [1.82, 2.24) is 14.7 Å². The van der Waals surface area contributed by atoms with Crippen molar-refractivity contribution in [3.63, 3.8) is 0 Å². The van der Waals surface area contributed by atoms with Gasteiger partial charge in [-0.1, -0.05) is 36.4 Å². The van der Waals surface area contributed by atoms with Crippen LogP contribution in [0, 0.1) is 6.92 Å².